The van der Waals surface area contributed by atoms with Gasteiger partial charge in [-0.15, -0.1) is 0 Å². The van der Waals surface area contributed by atoms with Gasteiger partial charge in [-0.1, -0.05) is 18.9 Å². The average molecular weight is 570 g/mol. The first-order valence-corrected chi connectivity index (χ1v) is 14.7. The first-order valence-electron chi connectivity index (χ1n) is 14.7. The van der Waals surface area contributed by atoms with E-state index in [-0.39, 0.29) is 35.1 Å². The topological polar surface area (TPSA) is 98.1 Å². The second kappa shape index (κ2) is 10.8. The Labute approximate surface area is 237 Å². The minimum absolute atomic E-state index is 0.0546. The van der Waals surface area contributed by atoms with E-state index >= 15 is 0 Å². The fraction of sp³-hybridized carbons (Fsp3) is 0.567. The van der Waals surface area contributed by atoms with E-state index in [2.05, 4.69) is 22.0 Å². The number of hydrogen-bond donors (Lipinski definition) is 2. The summed E-state index contributed by atoms with van der Waals surface area (Å²) in [4.78, 5) is 47.1. The molecule has 0 spiro atoms. The molecule has 41 heavy (non-hydrogen) atoms. The van der Waals surface area contributed by atoms with E-state index in [9.17, 15) is 28.3 Å². The van der Waals surface area contributed by atoms with Gasteiger partial charge in [0.25, 0.3) is 11.8 Å². The molecule has 1 aromatic heterocycles. The van der Waals surface area contributed by atoms with Crippen molar-refractivity contribution in [2.75, 3.05) is 32.7 Å². The van der Waals surface area contributed by atoms with Crippen LogP contribution < -0.4 is 10.7 Å². The highest BCUT2D eigenvalue weighted by Gasteiger charge is 2.55. The summed E-state index contributed by atoms with van der Waals surface area (Å²) in [5, 5.41) is 13.5. The van der Waals surface area contributed by atoms with Crippen molar-refractivity contribution in [3.63, 3.8) is 0 Å². The molecule has 0 bridgehead atoms. The van der Waals surface area contributed by atoms with Crippen molar-refractivity contribution in [2.24, 2.45) is 5.92 Å². The minimum atomic E-state index is -0.951. The third kappa shape index (κ3) is 4.92. The van der Waals surface area contributed by atoms with Crippen LogP contribution in [0.15, 0.2) is 29.2 Å². The summed E-state index contributed by atoms with van der Waals surface area (Å²) in [6.45, 7) is 6.94. The molecule has 2 amide bonds. The summed E-state index contributed by atoms with van der Waals surface area (Å²) in [6.07, 6.45) is 7.49. The SMILES string of the molecule is C[C@]12CCCC[C@H]1CN(CCN1CCCC1)[C@@H]1Cn3cc(C(=O)NCc4ccc(F)cc4F)c(=O)c(O)c3C(=O)N12. The van der Waals surface area contributed by atoms with Gasteiger partial charge in [-0.25, -0.2) is 8.78 Å². The molecule has 6 rings (SSSR count). The summed E-state index contributed by atoms with van der Waals surface area (Å²) < 4.78 is 28.9. The van der Waals surface area contributed by atoms with E-state index in [0.717, 1.165) is 70.5 Å². The molecule has 220 valence electrons. The third-order valence-corrected chi connectivity index (χ3v) is 9.73. The predicted molar refractivity (Wildman–Crippen MR) is 147 cm³/mol. The summed E-state index contributed by atoms with van der Waals surface area (Å²) in [7, 11) is 0. The van der Waals surface area contributed by atoms with Gasteiger partial charge in [0.05, 0.1) is 6.54 Å². The van der Waals surface area contributed by atoms with E-state index in [1.807, 2.05) is 4.90 Å². The van der Waals surface area contributed by atoms with Crippen molar-refractivity contribution >= 4 is 11.8 Å². The Hall–Kier alpha value is -3.31. The number of nitrogens with one attached hydrogen (secondary N) is 1. The van der Waals surface area contributed by atoms with Crippen molar-refractivity contribution < 1.29 is 23.5 Å². The Bertz CT molecular complexity index is 1420. The fourth-order valence-electron chi connectivity index (χ4n) is 7.39. The second-order valence-corrected chi connectivity index (χ2v) is 12.1. The highest BCUT2D eigenvalue weighted by molar-refractivity contribution is 5.99. The van der Waals surface area contributed by atoms with E-state index in [1.165, 1.54) is 29.7 Å². The minimum Gasteiger partial charge on any atom is -0.503 e. The van der Waals surface area contributed by atoms with Crippen LogP contribution in [0.5, 0.6) is 5.75 Å². The number of amides is 2. The molecule has 4 heterocycles. The first kappa shape index (κ1) is 27.8. The predicted octanol–water partition coefficient (Wildman–Crippen LogP) is 2.90. The number of halogens is 2. The Morgan fingerprint density at radius 3 is 2.63 bits per heavy atom. The molecule has 0 unspecified atom stereocenters. The van der Waals surface area contributed by atoms with Crippen LogP contribution in [-0.4, -0.2) is 80.6 Å². The summed E-state index contributed by atoms with van der Waals surface area (Å²) in [5.41, 5.74) is -1.71. The number of aromatic nitrogens is 1. The molecular formula is C30H37F2N5O4. The molecule has 2 saturated heterocycles. The van der Waals surface area contributed by atoms with Gasteiger partial charge >= 0.3 is 0 Å². The largest absolute Gasteiger partial charge is 0.503 e. The highest BCUT2D eigenvalue weighted by Crippen LogP contribution is 2.46. The smallest absolute Gasteiger partial charge is 0.276 e. The van der Waals surface area contributed by atoms with E-state index in [1.54, 1.807) is 0 Å². The van der Waals surface area contributed by atoms with Gasteiger partial charge in [0.2, 0.25) is 5.43 Å². The van der Waals surface area contributed by atoms with Crippen LogP contribution in [0.2, 0.25) is 0 Å². The molecule has 2 N–H and O–H groups in total. The van der Waals surface area contributed by atoms with Crippen molar-refractivity contribution in [3.05, 3.63) is 63.1 Å². The van der Waals surface area contributed by atoms with Crippen LogP contribution in [0.3, 0.4) is 0 Å². The maximum atomic E-state index is 14.1. The van der Waals surface area contributed by atoms with Gasteiger partial charge in [0.1, 0.15) is 23.4 Å². The average Bonchev–Trinajstić information content (AvgIpc) is 3.46. The van der Waals surface area contributed by atoms with Crippen LogP contribution >= 0.6 is 0 Å². The molecule has 0 radical (unpaired) electrons. The summed E-state index contributed by atoms with van der Waals surface area (Å²) in [5.74, 6) is -3.21. The summed E-state index contributed by atoms with van der Waals surface area (Å²) in [6, 6.07) is 3.02. The van der Waals surface area contributed by atoms with E-state index in [4.69, 9.17) is 0 Å². The lowest BCUT2D eigenvalue weighted by Crippen LogP contribution is -2.73. The molecule has 1 aromatic carbocycles. The van der Waals surface area contributed by atoms with Crippen molar-refractivity contribution in [3.8, 4) is 5.75 Å². The lowest BCUT2D eigenvalue weighted by molar-refractivity contribution is -0.118. The molecule has 3 aliphatic heterocycles. The Morgan fingerprint density at radius 2 is 1.88 bits per heavy atom. The Balaban J connectivity index is 1.31. The molecule has 3 atom stereocenters. The van der Waals surface area contributed by atoms with E-state index < -0.39 is 34.6 Å². The lowest BCUT2D eigenvalue weighted by atomic mass is 9.70. The lowest BCUT2D eigenvalue weighted by Gasteiger charge is -2.61. The molecule has 4 aliphatic rings. The zero-order valence-corrected chi connectivity index (χ0v) is 23.4. The number of hydrogen-bond acceptors (Lipinski definition) is 6. The maximum Gasteiger partial charge on any atom is 0.276 e. The third-order valence-electron chi connectivity index (χ3n) is 9.73. The number of fused-ring (bicyclic) bond motifs is 4. The van der Waals surface area contributed by atoms with Gasteiger partial charge < -0.3 is 24.8 Å². The van der Waals surface area contributed by atoms with Crippen LogP contribution in [0, 0.1) is 17.6 Å². The van der Waals surface area contributed by atoms with Gasteiger partial charge in [-0.05, 0) is 57.7 Å². The monoisotopic (exact) mass is 569 g/mol. The van der Waals surface area contributed by atoms with Crippen LogP contribution in [0.25, 0.3) is 0 Å². The molecular weight excluding hydrogens is 532 g/mol. The quantitative estimate of drug-likeness (QED) is 0.556. The zero-order chi connectivity index (χ0) is 28.9. The van der Waals surface area contributed by atoms with Gasteiger partial charge in [0, 0.05) is 49.5 Å². The van der Waals surface area contributed by atoms with Crippen LogP contribution in [-0.2, 0) is 13.1 Å². The Kier molecular flexibility index (Phi) is 7.35. The van der Waals surface area contributed by atoms with Crippen molar-refractivity contribution in [1.82, 2.24) is 24.6 Å². The van der Waals surface area contributed by atoms with Crippen molar-refractivity contribution in [1.29, 1.82) is 0 Å². The fourth-order valence-corrected chi connectivity index (χ4v) is 7.39. The van der Waals surface area contributed by atoms with E-state index in [0.29, 0.717) is 12.5 Å². The van der Waals surface area contributed by atoms with Gasteiger partial charge in [0.15, 0.2) is 11.4 Å². The molecule has 9 nitrogen and oxygen atoms in total. The molecule has 3 fully saturated rings. The molecule has 1 saturated carbocycles. The Morgan fingerprint density at radius 1 is 1.10 bits per heavy atom. The first-order chi connectivity index (χ1) is 19.7. The number of pyridine rings is 1. The standard InChI is InChI=1S/C30H37F2N5O4/c1-30-9-3-2-6-20(30)16-35(13-12-34-10-4-5-11-34)24-18-36-17-22(26(38)27(39)25(36)29(41)37(24)30)28(40)33-15-19-7-8-21(31)14-23(19)32/h7-8,14,17,20,24,39H,2-6,9-13,15-16,18H2,1H3,(H,33,40)/t20-,24-,30-/m0/s1. The highest BCUT2D eigenvalue weighted by atomic mass is 19.1. The number of benzene rings is 1. The van der Waals surface area contributed by atoms with Gasteiger partial charge in [-0.3, -0.25) is 19.3 Å². The number of likely N-dealkylation sites (tertiary alicyclic amines) is 1. The molecule has 1 aliphatic carbocycles. The number of aromatic hydroxyl groups is 1. The molecule has 2 aromatic rings. The van der Waals surface area contributed by atoms with Gasteiger partial charge in [-0.2, -0.15) is 0 Å². The second-order valence-electron chi connectivity index (χ2n) is 12.1. The maximum absolute atomic E-state index is 14.1. The zero-order valence-electron chi connectivity index (χ0n) is 23.4. The van der Waals surface area contributed by atoms with Crippen LogP contribution in [0.4, 0.5) is 8.78 Å². The number of nitrogens with zero attached hydrogens (tertiary/aromatic N) is 4. The summed E-state index contributed by atoms with van der Waals surface area (Å²) >= 11 is 0. The van der Waals surface area contributed by atoms with Crippen LogP contribution in [0.1, 0.15) is 71.9 Å². The number of carbonyl (C=O) groups is 2. The normalized spacial score (nSPS) is 26.4. The number of carbonyl (C=O) groups excluding carboxylic acids is 2. The van der Waals surface area contributed by atoms with Crippen molar-refractivity contribution in [2.45, 2.75) is 70.2 Å². The molecule has 11 heteroatoms. The number of rotatable bonds is 6.